The minimum absolute atomic E-state index is 0.141. The smallest absolute Gasteiger partial charge is 0.270 e. The minimum Gasteiger partial charge on any atom is -0.490 e. The zero-order valence-electron chi connectivity index (χ0n) is 18.5. The molecule has 0 atom stereocenters. The molecule has 0 aromatic heterocycles. The molecule has 1 fully saturated rings. The Labute approximate surface area is 222 Å². The van der Waals surface area contributed by atoms with E-state index in [4.69, 9.17) is 33.3 Å². The van der Waals surface area contributed by atoms with Gasteiger partial charge in [-0.15, -0.1) is 0 Å². The number of rotatable bonds is 7. The first-order chi connectivity index (χ1) is 16.4. The standard InChI is InChI=1S/C26H21BrClNO3S2/c1-3-31-22-13-17(12-19(27)24(22)32-15-18-9-5-6-10-20(18)28)14-23-25(30)29(26(33)34-23)21-11-7-4-8-16(21)2/h4-14H,3,15H2,1-2H3/b23-14+. The van der Waals surface area contributed by atoms with Crippen molar-refractivity contribution in [2.75, 3.05) is 11.5 Å². The van der Waals surface area contributed by atoms with Crippen LogP contribution >= 0.6 is 51.5 Å². The molecule has 1 aliphatic rings. The molecule has 4 nitrogen and oxygen atoms in total. The number of aryl methyl sites for hydroxylation is 1. The van der Waals surface area contributed by atoms with E-state index in [1.165, 1.54) is 11.8 Å². The average Bonchev–Trinajstić information content (AvgIpc) is 3.07. The maximum Gasteiger partial charge on any atom is 0.270 e. The molecule has 0 radical (unpaired) electrons. The molecule has 4 rings (SSSR count). The van der Waals surface area contributed by atoms with Crippen LogP contribution in [-0.4, -0.2) is 16.8 Å². The Hall–Kier alpha value is -2.32. The zero-order chi connectivity index (χ0) is 24.2. The summed E-state index contributed by atoms with van der Waals surface area (Å²) in [6.45, 7) is 4.64. The fourth-order valence-corrected chi connectivity index (χ4v) is 5.53. The molecule has 0 aliphatic carbocycles. The first kappa shape index (κ1) is 24.8. The van der Waals surface area contributed by atoms with E-state index in [0.29, 0.717) is 43.4 Å². The van der Waals surface area contributed by atoms with Gasteiger partial charge in [-0.05, 0) is 71.2 Å². The van der Waals surface area contributed by atoms with Crippen LogP contribution in [0.5, 0.6) is 11.5 Å². The molecule has 0 unspecified atom stereocenters. The number of benzene rings is 3. The highest BCUT2D eigenvalue weighted by molar-refractivity contribution is 9.10. The number of nitrogens with zero attached hydrogens (tertiary/aromatic N) is 1. The van der Waals surface area contributed by atoms with Crippen molar-refractivity contribution in [2.45, 2.75) is 20.5 Å². The largest absolute Gasteiger partial charge is 0.490 e. The fraction of sp³-hybridized carbons (Fsp3) is 0.154. The van der Waals surface area contributed by atoms with Crippen LogP contribution in [-0.2, 0) is 11.4 Å². The zero-order valence-corrected chi connectivity index (χ0v) is 22.5. The molecule has 1 aliphatic heterocycles. The molecule has 0 bridgehead atoms. The van der Waals surface area contributed by atoms with Gasteiger partial charge >= 0.3 is 0 Å². The van der Waals surface area contributed by atoms with Crippen LogP contribution in [0.4, 0.5) is 5.69 Å². The summed E-state index contributed by atoms with van der Waals surface area (Å²) in [5, 5.41) is 0.642. The second-order valence-electron chi connectivity index (χ2n) is 7.45. The van der Waals surface area contributed by atoms with Gasteiger partial charge < -0.3 is 9.47 Å². The van der Waals surface area contributed by atoms with Gasteiger partial charge in [0.05, 0.1) is 21.7 Å². The average molecular weight is 575 g/mol. The second kappa shape index (κ2) is 11.0. The Bertz CT molecular complexity index is 1290. The summed E-state index contributed by atoms with van der Waals surface area (Å²) >= 11 is 16.7. The summed E-state index contributed by atoms with van der Waals surface area (Å²) in [5.41, 5.74) is 3.46. The molecular weight excluding hydrogens is 554 g/mol. The molecule has 1 amide bonds. The molecule has 1 heterocycles. The number of carbonyl (C=O) groups excluding carboxylic acids is 1. The van der Waals surface area contributed by atoms with Gasteiger partial charge in [0.15, 0.2) is 15.8 Å². The summed E-state index contributed by atoms with van der Waals surface area (Å²) < 4.78 is 13.1. The Kier molecular flexibility index (Phi) is 7.99. The molecule has 0 saturated carbocycles. The lowest BCUT2D eigenvalue weighted by atomic mass is 10.1. The van der Waals surface area contributed by atoms with Gasteiger partial charge in [0.2, 0.25) is 0 Å². The monoisotopic (exact) mass is 573 g/mol. The van der Waals surface area contributed by atoms with Crippen molar-refractivity contribution >= 4 is 73.5 Å². The second-order valence-corrected chi connectivity index (χ2v) is 10.4. The minimum atomic E-state index is -0.141. The Morgan fingerprint density at radius 2 is 1.85 bits per heavy atom. The van der Waals surface area contributed by atoms with Crippen LogP contribution < -0.4 is 14.4 Å². The van der Waals surface area contributed by atoms with Gasteiger partial charge in [-0.3, -0.25) is 9.69 Å². The molecular formula is C26H21BrClNO3S2. The number of amides is 1. The van der Waals surface area contributed by atoms with Crippen molar-refractivity contribution in [3.63, 3.8) is 0 Å². The molecule has 0 spiro atoms. The van der Waals surface area contributed by atoms with E-state index in [1.54, 1.807) is 4.90 Å². The predicted octanol–water partition coefficient (Wildman–Crippen LogP) is 7.79. The number of para-hydroxylation sites is 1. The molecule has 3 aromatic carbocycles. The van der Waals surface area contributed by atoms with Crippen molar-refractivity contribution in [2.24, 2.45) is 0 Å². The van der Waals surface area contributed by atoms with E-state index < -0.39 is 0 Å². The quantitative estimate of drug-likeness (QED) is 0.213. The summed E-state index contributed by atoms with van der Waals surface area (Å²) in [6, 6.07) is 19.0. The van der Waals surface area contributed by atoms with Crippen molar-refractivity contribution in [1.82, 2.24) is 0 Å². The van der Waals surface area contributed by atoms with Crippen molar-refractivity contribution in [1.29, 1.82) is 0 Å². The normalized spacial score (nSPS) is 14.7. The number of hydrogen-bond acceptors (Lipinski definition) is 5. The molecule has 34 heavy (non-hydrogen) atoms. The van der Waals surface area contributed by atoms with Gasteiger partial charge in [-0.25, -0.2) is 0 Å². The third-order valence-corrected chi connectivity index (χ3v) is 7.37. The molecule has 0 N–H and O–H groups in total. The topological polar surface area (TPSA) is 38.8 Å². The Balaban J connectivity index is 1.62. The third-order valence-electron chi connectivity index (χ3n) is 5.11. The lowest BCUT2D eigenvalue weighted by Crippen LogP contribution is -2.28. The highest BCUT2D eigenvalue weighted by atomic mass is 79.9. The maximum absolute atomic E-state index is 13.2. The first-order valence-corrected chi connectivity index (χ1v) is 12.9. The number of halogens is 2. The maximum atomic E-state index is 13.2. The van der Waals surface area contributed by atoms with Crippen LogP contribution in [0.15, 0.2) is 70.0 Å². The van der Waals surface area contributed by atoms with Crippen LogP contribution in [0.2, 0.25) is 5.02 Å². The highest BCUT2D eigenvalue weighted by Crippen LogP contribution is 2.41. The van der Waals surface area contributed by atoms with Crippen LogP contribution in [0, 0.1) is 6.92 Å². The van der Waals surface area contributed by atoms with E-state index in [2.05, 4.69) is 15.9 Å². The van der Waals surface area contributed by atoms with Gasteiger partial charge in [0.1, 0.15) is 6.61 Å². The van der Waals surface area contributed by atoms with Gasteiger partial charge in [-0.2, -0.15) is 0 Å². The third kappa shape index (κ3) is 5.33. The predicted molar refractivity (Wildman–Crippen MR) is 148 cm³/mol. The van der Waals surface area contributed by atoms with Crippen LogP contribution in [0.1, 0.15) is 23.6 Å². The summed E-state index contributed by atoms with van der Waals surface area (Å²) in [5.74, 6) is 1.01. The lowest BCUT2D eigenvalue weighted by Gasteiger charge is -2.17. The molecule has 174 valence electrons. The van der Waals surface area contributed by atoms with E-state index in [-0.39, 0.29) is 5.91 Å². The van der Waals surface area contributed by atoms with Gasteiger partial charge in [0, 0.05) is 10.6 Å². The van der Waals surface area contributed by atoms with Crippen molar-refractivity contribution in [3.8, 4) is 11.5 Å². The summed E-state index contributed by atoms with van der Waals surface area (Å²) in [4.78, 5) is 15.3. The van der Waals surface area contributed by atoms with Crippen LogP contribution in [0.25, 0.3) is 6.08 Å². The Morgan fingerprint density at radius 1 is 1.12 bits per heavy atom. The van der Waals surface area contributed by atoms with E-state index in [0.717, 1.165) is 22.4 Å². The van der Waals surface area contributed by atoms with Crippen molar-refractivity contribution in [3.05, 3.63) is 91.8 Å². The summed E-state index contributed by atoms with van der Waals surface area (Å²) in [7, 11) is 0. The molecule has 8 heteroatoms. The molecule has 3 aromatic rings. The summed E-state index contributed by atoms with van der Waals surface area (Å²) in [6.07, 6.45) is 1.82. The fourth-order valence-electron chi connectivity index (χ4n) is 3.48. The number of hydrogen-bond donors (Lipinski definition) is 0. The highest BCUT2D eigenvalue weighted by Gasteiger charge is 2.34. The Morgan fingerprint density at radius 3 is 2.59 bits per heavy atom. The number of thiocarbonyl (C=S) groups is 1. The number of anilines is 1. The number of ether oxygens (including phenoxy) is 2. The van der Waals surface area contributed by atoms with E-state index in [1.807, 2.05) is 80.6 Å². The molecule has 1 saturated heterocycles. The van der Waals surface area contributed by atoms with E-state index >= 15 is 0 Å². The van der Waals surface area contributed by atoms with Crippen LogP contribution in [0.3, 0.4) is 0 Å². The van der Waals surface area contributed by atoms with Gasteiger partial charge in [0.25, 0.3) is 5.91 Å². The van der Waals surface area contributed by atoms with Crippen molar-refractivity contribution < 1.29 is 14.3 Å². The number of carbonyl (C=O) groups is 1. The number of thioether (sulfide) groups is 1. The van der Waals surface area contributed by atoms with E-state index in [9.17, 15) is 4.79 Å². The SMILES string of the molecule is CCOc1cc(/C=C2/SC(=S)N(c3ccccc3C)C2=O)cc(Br)c1OCc1ccccc1Cl. The lowest BCUT2D eigenvalue weighted by molar-refractivity contribution is -0.113. The first-order valence-electron chi connectivity index (χ1n) is 10.5. The van der Waals surface area contributed by atoms with Gasteiger partial charge in [-0.1, -0.05) is 72.0 Å².